The molecule has 5 nitrogen and oxygen atoms in total. The van der Waals surface area contributed by atoms with Crippen LogP contribution in [0, 0.1) is 0 Å². The van der Waals surface area contributed by atoms with Crippen LogP contribution < -0.4 is 10.6 Å². The van der Waals surface area contributed by atoms with Gasteiger partial charge in [-0.05, 0) is 56.6 Å². The summed E-state index contributed by atoms with van der Waals surface area (Å²) < 4.78 is 7.82. The number of aromatic nitrogens is 1. The Hall–Kier alpha value is -1.27. The van der Waals surface area contributed by atoms with Crippen molar-refractivity contribution in [3.63, 3.8) is 0 Å². The van der Waals surface area contributed by atoms with E-state index in [1.54, 1.807) is 7.11 Å². The summed E-state index contributed by atoms with van der Waals surface area (Å²) in [7, 11) is 1.62. The molecule has 1 saturated heterocycles. The van der Waals surface area contributed by atoms with Crippen molar-refractivity contribution in [2.45, 2.75) is 38.3 Å². The summed E-state index contributed by atoms with van der Waals surface area (Å²) in [5.41, 5.74) is 1.31. The highest BCUT2D eigenvalue weighted by Crippen LogP contribution is 2.26. The number of nitrogens with zero attached hydrogens (tertiary/aromatic N) is 1. The number of amides is 1. The number of hydrogen-bond acceptors (Lipinski definition) is 3. The Morgan fingerprint density at radius 2 is 2.00 bits per heavy atom. The second-order valence-corrected chi connectivity index (χ2v) is 6.19. The molecule has 0 saturated carbocycles. The minimum absolute atomic E-state index is 0. The van der Waals surface area contributed by atoms with Gasteiger partial charge in [-0.25, -0.2) is 0 Å². The summed E-state index contributed by atoms with van der Waals surface area (Å²) in [6, 6.07) is 8.17. The number of hydrogen-bond donors (Lipinski definition) is 2. The molecule has 3 rings (SSSR count). The first kappa shape index (κ1) is 21.8. The minimum Gasteiger partial charge on any atom is -0.368 e. The zero-order chi connectivity index (χ0) is 16.3. The number of nitrogens with one attached hydrogen (secondary N) is 2. The standard InChI is InChI=1S/C18H25N3O2.2ClH/c1-3-11-21-12-6-14-13-15(4-5-16(14)21)20-17(22)18(23-2)7-9-19-10-8-18;;/h4-6,12-13,19H,3,7-11H2,1-2H3,(H,20,22);2*1H. The molecule has 0 aliphatic carbocycles. The molecule has 25 heavy (non-hydrogen) atoms. The molecule has 1 amide bonds. The lowest BCUT2D eigenvalue weighted by atomic mass is 9.91. The molecule has 2 heterocycles. The zero-order valence-corrected chi connectivity index (χ0v) is 16.3. The number of anilines is 1. The predicted molar refractivity (Wildman–Crippen MR) is 107 cm³/mol. The van der Waals surface area contributed by atoms with E-state index in [4.69, 9.17) is 4.74 Å². The smallest absolute Gasteiger partial charge is 0.256 e. The van der Waals surface area contributed by atoms with Crippen molar-refractivity contribution in [2.75, 3.05) is 25.5 Å². The fourth-order valence-corrected chi connectivity index (χ4v) is 3.31. The zero-order valence-electron chi connectivity index (χ0n) is 14.7. The van der Waals surface area contributed by atoms with Crippen LogP contribution in [-0.2, 0) is 16.1 Å². The molecule has 7 heteroatoms. The van der Waals surface area contributed by atoms with Crippen molar-refractivity contribution in [1.82, 2.24) is 9.88 Å². The highest BCUT2D eigenvalue weighted by molar-refractivity contribution is 5.99. The summed E-state index contributed by atoms with van der Waals surface area (Å²) in [6.07, 6.45) is 4.60. The molecule has 1 aromatic carbocycles. The highest BCUT2D eigenvalue weighted by atomic mass is 35.5. The number of piperidine rings is 1. The van der Waals surface area contributed by atoms with Gasteiger partial charge in [0.15, 0.2) is 0 Å². The van der Waals surface area contributed by atoms with Gasteiger partial charge in [-0.2, -0.15) is 0 Å². The molecule has 2 aromatic rings. The van der Waals surface area contributed by atoms with Gasteiger partial charge in [0.1, 0.15) is 5.60 Å². The van der Waals surface area contributed by atoms with Crippen LogP contribution in [0.25, 0.3) is 10.9 Å². The quantitative estimate of drug-likeness (QED) is 0.823. The number of rotatable bonds is 5. The number of halogens is 2. The number of carbonyl (C=O) groups excluding carboxylic acids is 1. The Bertz CT molecular complexity index is 697. The maximum absolute atomic E-state index is 12.7. The second-order valence-electron chi connectivity index (χ2n) is 6.19. The first-order valence-electron chi connectivity index (χ1n) is 8.35. The van der Waals surface area contributed by atoms with Gasteiger partial charge >= 0.3 is 0 Å². The van der Waals surface area contributed by atoms with E-state index >= 15 is 0 Å². The molecule has 1 fully saturated rings. The van der Waals surface area contributed by atoms with Gasteiger partial charge in [0.25, 0.3) is 5.91 Å². The van der Waals surface area contributed by atoms with E-state index in [1.165, 1.54) is 5.52 Å². The monoisotopic (exact) mass is 387 g/mol. The molecule has 1 aliphatic heterocycles. The lowest BCUT2D eigenvalue weighted by Crippen LogP contribution is -2.51. The molecule has 1 aliphatic rings. The lowest BCUT2D eigenvalue weighted by molar-refractivity contribution is -0.140. The summed E-state index contributed by atoms with van der Waals surface area (Å²) in [4.78, 5) is 12.7. The predicted octanol–water partition coefficient (Wildman–Crippen LogP) is 3.60. The van der Waals surface area contributed by atoms with Crippen molar-refractivity contribution in [1.29, 1.82) is 0 Å². The Morgan fingerprint density at radius 3 is 2.64 bits per heavy atom. The number of carbonyl (C=O) groups is 1. The van der Waals surface area contributed by atoms with Crippen LogP contribution in [-0.4, -0.2) is 36.3 Å². The van der Waals surface area contributed by atoms with E-state index < -0.39 is 5.60 Å². The van der Waals surface area contributed by atoms with Gasteiger partial charge in [0.05, 0.1) is 0 Å². The number of benzene rings is 1. The van der Waals surface area contributed by atoms with Gasteiger partial charge in [-0.1, -0.05) is 6.92 Å². The lowest BCUT2D eigenvalue weighted by Gasteiger charge is -2.34. The van der Waals surface area contributed by atoms with Crippen LogP contribution in [0.5, 0.6) is 0 Å². The van der Waals surface area contributed by atoms with Crippen molar-refractivity contribution in [2.24, 2.45) is 0 Å². The molecule has 0 atom stereocenters. The van der Waals surface area contributed by atoms with Crippen molar-refractivity contribution in [3.8, 4) is 0 Å². The van der Waals surface area contributed by atoms with E-state index in [0.29, 0.717) is 12.8 Å². The number of ether oxygens (including phenoxy) is 1. The molecule has 140 valence electrons. The third kappa shape index (κ3) is 4.47. The second kappa shape index (κ2) is 9.43. The van der Waals surface area contributed by atoms with Gasteiger partial charge in [0, 0.05) is 36.4 Å². The van der Waals surface area contributed by atoms with Gasteiger partial charge in [0.2, 0.25) is 0 Å². The topological polar surface area (TPSA) is 55.3 Å². The SMILES string of the molecule is CCCn1ccc2cc(NC(=O)C3(OC)CCNCC3)ccc21.Cl.Cl. The van der Waals surface area contributed by atoms with Gasteiger partial charge in [-0.15, -0.1) is 24.8 Å². The fourth-order valence-electron chi connectivity index (χ4n) is 3.31. The summed E-state index contributed by atoms with van der Waals surface area (Å²) in [5, 5.41) is 7.45. The molecule has 1 aromatic heterocycles. The molecule has 0 radical (unpaired) electrons. The maximum atomic E-state index is 12.7. The third-order valence-corrected chi connectivity index (χ3v) is 4.71. The number of fused-ring (bicyclic) bond motifs is 1. The van der Waals surface area contributed by atoms with E-state index in [9.17, 15) is 4.79 Å². The van der Waals surface area contributed by atoms with E-state index in [0.717, 1.165) is 37.1 Å². The van der Waals surface area contributed by atoms with Crippen LogP contribution in [0.2, 0.25) is 0 Å². The van der Waals surface area contributed by atoms with Crippen molar-refractivity contribution in [3.05, 3.63) is 30.5 Å². The average molecular weight is 388 g/mol. The molecular weight excluding hydrogens is 361 g/mol. The summed E-state index contributed by atoms with van der Waals surface area (Å²) in [5.74, 6) is -0.0474. The number of methoxy groups -OCH3 is 1. The Kier molecular flexibility index (Phi) is 8.22. The van der Waals surface area contributed by atoms with E-state index in [-0.39, 0.29) is 30.7 Å². The normalized spacial score (nSPS) is 15.9. The number of aryl methyl sites for hydroxylation is 1. The van der Waals surface area contributed by atoms with Crippen LogP contribution in [0.1, 0.15) is 26.2 Å². The summed E-state index contributed by atoms with van der Waals surface area (Å²) >= 11 is 0. The highest BCUT2D eigenvalue weighted by Gasteiger charge is 2.39. The van der Waals surface area contributed by atoms with E-state index in [2.05, 4.69) is 40.5 Å². The van der Waals surface area contributed by atoms with Gasteiger partial charge < -0.3 is 19.9 Å². The van der Waals surface area contributed by atoms with Crippen LogP contribution in [0.3, 0.4) is 0 Å². The molecule has 0 bridgehead atoms. The summed E-state index contributed by atoms with van der Waals surface area (Å²) in [6.45, 7) is 4.79. The molecule has 0 spiro atoms. The van der Waals surface area contributed by atoms with Crippen LogP contribution >= 0.6 is 24.8 Å². The maximum Gasteiger partial charge on any atom is 0.256 e. The molecule has 2 N–H and O–H groups in total. The Morgan fingerprint density at radius 1 is 1.28 bits per heavy atom. The minimum atomic E-state index is -0.714. The Balaban J connectivity index is 0.00000156. The van der Waals surface area contributed by atoms with E-state index in [1.807, 2.05) is 12.1 Å². The molecule has 0 unspecified atom stereocenters. The molecular formula is C18H27Cl2N3O2. The average Bonchev–Trinajstić information content (AvgIpc) is 2.98. The van der Waals surface area contributed by atoms with Crippen molar-refractivity contribution >= 4 is 47.3 Å². The van der Waals surface area contributed by atoms with Crippen LogP contribution in [0.15, 0.2) is 30.5 Å². The van der Waals surface area contributed by atoms with Gasteiger partial charge in [-0.3, -0.25) is 4.79 Å². The fraction of sp³-hybridized carbons (Fsp3) is 0.500. The third-order valence-electron chi connectivity index (χ3n) is 4.71. The van der Waals surface area contributed by atoms with Crippen LogP contribution in [0.4, 0.5) is 5.69 Å². The first-order valence-corrected chi connectivity index (χ1v) is 8.35. The van der Waals surface area contributed by atoms with Crippen molar-refractivity contribution < 1.29 is 9.53 Å². The first-order chi connectivity index (χ1) is 11.2. The largest absolute Gasteiger partial charge is 0.368 e. The Labute approximate surface area is 161 Å².